The van der Waals surface area contributed by atoms with Crippen molar-refractivity contribution in [3.05, 3.63) is 45.5 Å². The quantitative estimate of drug-likeness (QED) is 0.579. The molecular weight excluding hydrogens is 275 g/mol. The first-order valence-corrected chi connectivity index (χ1v) is 5.02. The number of rotatable bonds is 1. The molecule has 0 amide bonds. The zero-order chi connectivity index (χ0) is 9.26. The Morgan fingerprint density at radius 2 is 2.00 bits per heavy atom. The molecule has 0 unspecified atom stereocenters. The molecule has 0 radical (unpaired) electrons. The molecule has 0 saturated carbocycles. The van der Waals surface area contributed by atoms with E-state index in [-0.39, 0.29) is 0 Å². The Labute approximate surface area is 89.9 Å². The minimum Gasteiger partial charge on any atom is -0.298 e. The van der Waals surface area contributed by atoms with Crippen LogP contribution in [0.2, 0.25) is 0 Å². The van der Waals surface area contributed by atoms with E-state index in [1.54, 1.807) is 0 Å². The number of carbonyl (C=O) groups is 1. The van der Waals surface area contributed by atoms with Crippen LogP contribution in [-0.2, 0) is 0 Å². The molecule has 0 atom stereocenters. The highest BCUT2D eigenvalue weighted by Crippen LogP contribution is 2.20. The number of aldehydes is 1. The van der Waals surface area contributed by atoms with Crippen LogP contribution in [-0.4, -0.2) is 6.29 Å². The van der Waals surface area contributed by atoms with Crippen molar-refractivity contribution in [2.24, 2.45) is 0 Å². The molecule has 64 valence electrons. The molecule has 0 spiro atoms. The minimum atomic E-state index is 0.731. The zero-order valence-electron chi connectivity index (χ0n) is 6.83. The van der Waals surface area contributed by atoms with Crippen molar-refractivity contribution in [3.8, 4) is 0 Å². The number of fused-ring (bicyclic) bond motifs is 1. The van der Waals surface area contributed by atoms with E-state index >= 15 is 0 Å². The summed E-state index contributed by atoms with van der Waals surface area (Å²) in [7, 11) is 0. The van der Waals surface area contributed by atoms with E-state index in [4.69, 9.17) is 0 Å². The van der Waals surface area contributed by atoms with Crippen molar-refractivity contribution in [2.45, 2.75) is 0 Å². The maximum atomic E-state index is 10.5. The second-order valence-corrected chi connectivity index (χ2v) is 4.00. The van der Waals surface area contributed by atoms with Crippen LogP contribution in [0.1, 0.15) is 10.4 Å². The summed E-state index contributed by atoms with van der Waals surface area (Å²) < 4.78 is 1.22. The van der Waals surface area contributed by atoms with Gasteiger partial charge < -0.3 is 0 Å². The topological polar surface area (TPSA) is 17.1 Å². The second kappa shape index (κ2) is 3.46. The van der Waals surface area contributed by atoms with Crippen molar-refractivity contribution in [2.75, 3.05) is 0 Å². The molecule has 0 aliphatic heterocycles. The molecule has 0 fully saturated rings. The lowest BCUT2D eigenvalue weighted by molar-refractivity contribution is 0.112. The number of halogens is 1. The van der Waals surface area contributed by atoms with Gasteiger partial charge in [0.25, 0.3) is 0 Å². The lowest BCUT2D eigenvalue weighted by atomic mass is 10.1. The number of benzene rings is 2. The van der Waals surface area contributed by atoms with Gasteiger partial charge in [-0.2, -0.15) is 0 Å². The zero-order valence-corrected chi connectivity index (χ0v) is 8.99. The largest absolute Gasteiger partial charge is 0.298 e. The average Bonchev–Trinajstić information content (AvgIpc) is 2.18. The Morgan fingerprint density at radius 3 is 2.77 bits per heavy atom. The predicted octanol–water partition coefficient (Wildman–Crippen LogP) is 3.26. The highest BCUT2D eigenvalue weighted by atomic mass is 127. The van der Waals surface area contributed by atoms with Gasteiger partial charge in [-0.25, -0.2) is 0 Å². The maximum absolute atomic E-state index is 10.5. The van der Waals surface area contributed by atoms with E-state index < -0.39 is 0 Å². The van der Waals surface area contributed by atoms with Gasteiger partial charge in [0.15, 0.2) is 0 Å². The normalized spacial score (nSPS) is 10.2. The number of hydrogen-bond acceptors (Lipinski definition) is 1. The fraction of sp³-hybridized carbons (Fsp3) is 0. The van der Waals surface area contributed by atoms with Gasteiger partial charge in [-0.05, 0) is 45.5 Å². The molecule has 0 saturated heterocycles. The van der Waals surface area contributed by atoms with E-state index in [9.17, 15) is 4.79 Å². The molecule has 2 aromatic carbocycles. The molecule has 0 aromatic heterocycles. The molecule has 0 aliphatic rings. The monoisotopic (exact) mass is 282 g/mol. The van der Waals surface area contributed by atoms with Gasteiger partial charge in [0.2, 0.25) is 0 Å². The highest BCUT2D eigenvalue weighted by molar-refractivity contribution is 14.1. The minimum absolute atomic E-state index is 0.731. The van der Waals surface area contributed by atoms with Crippen LogP contribution in [0.25, 0.3) is 10.8 Å². The molecule has 0 aliphatic carbocycles. The third kappa shape index (κ3) is 1.58. The van der Waals surface area contributed by atoms with E-state index in [0.717, 1.165) is 17.2 Å². The first-order chi connectivity index (χ1) is 6.31. The summed E-state index contributed by atoms with van der Waals surface area (Å²) >= 11 is 2.29. The third-order valence-corrected chi connectivity index (χ3v) is 2.93. The highest BCUT2D eigenvalue weighted by Gasteiger charge is 1.97. The van der Waals surface area contributed by atoms with Crippen LogP contribution in [0.15, 0.2) is 36.4 Å². The molecule has 2 aromatic rings. The fourth-order valence-electron chi connectivity index (χ4n) is 1.34. The summed E-state index contributed by atoms with van der Waals surface area (Å²) in [5, 5.41) is 2.32. The Kier molecular flexibility index (Phi) is 2.31. The van der Waals surface area contributed by atoms with Gasteiger partial charge in [-0.1, -0.05) is 24.3 Å². The molecule has 0 heterocycles. The van der Waals surface area contributed by atoms with Crippen molar-refractivity contribution < 1.29 is 4.79 Å². The van der Waals surface area contributed by atoms with Gasteiger partial charge in [-0.15, -0.1) is 0 Å². The summed E-state index contributed by atoms with van der Waals surface area (Å²) in [5.74, 6) is 0. The lowest BCUT2D eigenvalue weighted by Gasteiger charge is -2.00. The Bertz CT molecular complexity index is 463. The summed E-state index contributed by atoms with van der Waals surface area (Å²) in [6, 6.07) is 11.8. The van der Waals surface area contributed by atoms with Gasteiger partial charge >= 0.3 is 0 Å². The van der Waals surface area contributed by atoms with E-state index in [2.05, 4.69) is 28.7 Å². The second-order valence-electron chi connectivity index (χ2n) is 2.84. The molecule has 0 N–H and O–H groups in total. The fourth-order valence-corrected chi connectivity index (χ4v) is 2.03. The van der Waals surface area contributed by atoms with E-state index in [0.29, 0.717) is 0 Å². The Hall–Kier alpha value is -0.900. The molecular formula is C11H7IO. The maximum Gasteiger partial charge on any atom is 0.150 e. The van der Waals surface area contributed by atoms with Crippen LogP contribution in [0.3, 0.4) is 0 Å². The van der Waals surface area contributed by atoms with Crippen molar-refractivity contribution in [3.63, 3.8) is 0 Å². The van der Waals surface area contributed by atoms with Gasteiger partial charge in [0, 0.05) is 9.13 Å². The molecule has 2 rings (SSSR count). The van der Waals surface area contributed by atoms with Crippen molar-refractivity contribution in [1.82, 2.24) is 0 Å². The molecule has 2 heteroatoms. The van der Waals surface area contributed by atoms with Crippen LogP contribution < -0.4 is 0 Å². The molecule has 0 bridgehead atoms. The summed E-state index contributed by atoms with van der Waals surface area (Å²) in [4.78, 5) is 10.5. The van der Waals surface area contributed by atoms with Crippen LogP contribution in [0.4, 0.5) is 0 Å². The van der Waals surface area contributed by atoms with Gasteiger partial charge in [0.1, 0.15) is 6.29 Å². The summed E-state index contributed by atoms with van der Waals surface area (Å²) in [5.41, 5.74) is 0.731. The average molecular weight is 282 g/mol. The SMILES string of the molecule is O=Cc1ccc2c(I)cccc2c1. The van der Waals surface area contributed by atoms with Crippen LogP contribution >= 0.6 is 22.6 Å². The summed E-state index contributed by atoms with van der Waals surface area (Å²) in [6.45, 7) is 0. The van der Waals surface area contributed by atoms with Crippen LogP contribution in [0, 0.1) is 3.57 Å². The third-order valence-electron chi connectivity index (χ3n) is 1.99. The standard InChI is InChI=1S/C11H7IO/c12-11-3-1-2-9-6-8(7-13)4-5-10(9)11/h1-7H. The van der Waals surface area contributed by atoms with Crippen LogP contribution in [0.5, 0.6) is 0 Å². The Morgan fingerprint density at radius 1 is 1.15 bits per heavy atom. The van der Waals surface area contributed by atoms with Crippen molar-refractivity contribution >= 4 is 39.6 Å². The van der Waals surface area contributed by atoms with Gasteiger partial charge in [-0.3, -0.25) is 4.79 Å². The van der Waals surface area contributed by atoms with Gasteiger partial charge in [0.05, 0.1) is 0 Å². The molecule has 13 heavy (non-hydrogen) atoms. The van der Waals surface area contributed by atoms with E-state index in [1.807, 2.05) is 30.3 Å². The Balaban J connectivity index is 2.79. The lowest BCUT2D eigenvalue weighted by Crippen LogP contribution is -1.81. The molecule has 1 nitrogen and oxygen atoms in total. The predicted molar refractivity (Wildman–Crippen MR) is 62.1 cm³/mol. The van der Waals surface area contributed by atoms with E-state index in [1.165, 1.54) is 8.96 Å². The number of carbonyl (C=O) groups excluding carboxylic acids is 1. The first kappa shape index (κ1) is 8.69. The first-order valence-electron chi connectivity index (χ1n) is 3.95. The van der Waals surface area contributed by atoms with Crippen molar-refractivity contribution in [1.29, 1.82) is 0 Å². The number of hydrogen-bond donors (Lipinski definition) is 0. The summed E-state index contributed by atoms with van der Waals surface area (Å²) in [6.07, 6.45) is 0.874. The smallest absolute Gasteiger partial charge is 0.150 e.